The zero-order valence-corrected chi connectivity index (χ0v) is 13.7. The van der Waals surface area contributed by atoms with Crippen LogP contribution in [0.3, 0.4) is 0 Å². The van der Waals surface area contributed by atoms with Crippen LogP contribution in [0.4, 0.5) is 0 Å². The van der Waals surface area contributed by atoms with Gasteiger partial charge < -0.3 is 14.2 Å². The van der Waals surface area contributed by atoms with Gasteiger partial charge in [-0.2, -0.15) is 0 Å². The third-order valence-electron chi connectivity index (χ3n) is 3.42. The maximum Gasteiger partial charge on any atom is 0.203 e. The summed E-state index contributed by atoms with van der Waals surface area (Å²) < 4.78 is 16.8. The molecular formula is C20H22O3. The second-order valence-electron chi connectivity index (χ2n) is 5.06. The number of benzene rings is 2. The van der Waals surface area contributed by atoms with Gasteiger partial charge in [0.15, 0.2) is 11.5 Å². The van der Waals surface area contributed by atoms with Crippen molar-refractivity contribution in [3.8, 4) is 23.0 Å². The molecule has 0 N–H and O–H groups in total. The summed E-state index contributed by atoms with van der Waals surface area (Å²) in [5, 5.41) is 0. The third-order valence-corrected chi connectivity index (χ3v) is 3.42. The minimum atomic E-state index is 0.579. The van der Waals surface area contributed by atoms with Gasteiger partial charge in [-0.15, -0.1) is 13.2 Å². The van der Waals surface area contributed by atoms with Crippen LogP contribution in [-0.2, 0) is 12.8 Å². The molecule has 0 saturated heterocycles. The van der Waals surface area contributed by atoms with E-state index in [4.69, 9.17) is 14.2 Å². The van der Waals surface area contributed by atoms with Gasteiger partial charge in [0.05, 0.1) is 14.2 Å². The molecule has 0 amide bonds. The zero-order valence-electron chi connectivity index (χ0n) is 13.7. The summed E-state index contributed by atoms with van der Waals surface area (Å²) in [4.78, 5) is 0. The molecule has 0 unspecified atom stereocenters. The fourth-order valence-corrected chi connectivity index (χ4v) is 2.33. The summed E-state index contributed by atoms with van der Waals surface area (Å²) in [5.41, 5.74) is 2.24. The summed E-state index contributed by atoms with van der Waals surface area (Å²) in [6.45, 7) is 7.52. The Labute approximate surface area is 137 Å². The van der Waals surface area contributed by atoms with E-state index in [0.29, 0.717) is 17.2 Å². The van der Waals surface area contributed by atoms with E-state index in [1.54, 1.807) is 14.2 Å². The van der Waals surface area contributed by atoms with Crippen LogP contribution in [0.5, 0.6) is 23.0 Å². The van der Waals surface area contributed by atoms with E-state index in [-0.39, 0.29) is 0 Å². The van der Waals surface area contributed by atoms with Gasteiger partial charge in [-0.1, -0.05) is 24.3 Å². The second-order valence-corrected chi connectivity index (χ2v) is 5.06. The average Bonchev–Trinajstić information content (AvgIpc) is 2.57. The van der Waals surface area contributed by atoms with Crippen molar-refractivity contribution in [2.24, 2.45) is 0 Å². The highest BCUT2D eigenvalue weighted by Gasteiger charge is 2.14. The molecule has 3 heteroatoms. The first-order valence-corrected chi connectivity index (χ1v) is 7.45. The largest absolute Gasteiger partial charge is 0.493 e. The Hall–Kier alpha value is -2.68. The molecule has 23 heavy (non-hydrogen) atoms. The van der Waals surface area contributed by atoms with E-state index < -0.39 is 0 Å². The Bertz CT molecular complexity index is 672. The van der Waals surface area contributed by atoms with Gasteiger partial charge in [0.2, 0.25) is 5.75 Å². The molecule has 0 atom stereocenters. The fourth-order valence-electron chi connectivity index (χ4n) is 2.33. The van der Waals surface area contributed by atoms with Crippen LogP contribution in [0.25, 0.3) is 0 Å². The molecule has 0 aliphatic heterocycles. The number of rotatable bonds is 8. The van der Waals surface area contributed by atoms with Crippen LogP contribution in [-0.4, -0.2) is 14.2 Å². The van der Waals surface area contributed by atoms with Gasteiger partial charge in [0, 0.05) is 0 Å². The smallest absolute Gasteiger partial charge is 0.203 e. The highest BCUT2D eigenvalue weighted by atomic mass is 16.5. The second kappa shape index (κ2) is 8.08. The monoisotopic (exact) mass is 310 g/mol. The standard InChI is InChI=1S/C20H22O3/c1-5-7-15-9-11-17(12-10-15)23-19-14-16(8-6-2)13-18(21-3)20(19)22-4/h5-6,9-14H,1-2,7-8H2,3-4H3. The lowest BCUT2D eigenvalue weighted by atomic mass is 10.1. The van der Waals surface area contributed by atoms with Crippen LogP contribution >= 0.6 is 0 Å². The van der Waals surface area contributed by atoms with Crippen molar-refractivity contribution in [3.05, 3.63) is 72.8 Å². The summed E-state index contributed by atoms with van der Waals surface area (Å²) in [6, 6.07) is 11.8. The Morgan fingerprint density at radius 1 is 0.826 bits per heavy atom. The topological polar surface area (TPSA) is 27.7 Å². The van der Waals surface area contributed by atoms with Crippen molar-refractivity contribution in [3.63, 3.8) is 0 Å². The molecule has 0 spiro atoms. The highest BCUT2D eigenvalue weighted by molar-refractivity contribution is 5.55. The molecule has 3 nitrogen and oxygen atoms in total. The van der Waals surface area contributed by atoms with Crippen molar-refractivity contribution in [1.29, 1.82) is 0 Å². The molecule has 2 aromatic rings. The van der Waals surface area contributed by atoms with Crippen LogP contribution in [0.1, 0.15) is 11.1 Å². The Morgan fingerprint density at radius 3 is 2.00 bits per heavy atom. The first-order chi connectivity index (χ1) is 11.2. The number of hydrogen-bond acceptors (Lipinski definition) is 3. The quantitative estimate of drug-likeness (QED) is 0.645. The first kappa shape index (κ1) is 16.7. The maximum atomic E-state index is 6.00. The lowest BCUT2D eigenvalue weighted by Gasteiger charge is -2.15. The minimum Gasteiger partial charge on any atom is -0.493 e. The molecule has 2 aromatic carbocycles. The van der Waals surface area contributed by atoms with Gasteiger partial charge in [0.1, 0.15) is 5.75 Å². The van der Waals surface area contributed by atoms with Gasteiger partial charge in [-0.3, -0.25) is 0 Å². The van der Waals surface area contributed by atoms with Crippen LogP contribution in [0.15, 0.2) is 61.7 Å². The lowest BCUT2D eigenvalue weighted by molar-refractivity contribution is 0.336. The van der Waals surface area contributed by atoms with Crippen molar-refractivity contribution in [1.82, 2.24) is 0 Å². The third kappa shape index (κ3) is 4.16. The molecule has 0 saturated carbocycles. The van der Waals surface area contributed by atoms with E-state index in [1.165, 1.54) is 5.56 Å². The average molecular weight is 310 g/mol. The summed E-state index contributed by atoms with van der Waals surface area (Å²) in [5.74, 6) is 2.59. The molecule has 0 bridgehead atoms. The van der Waals surface area contributed by atoms with E-state index in [2.05, 4.69) is 13.2 Å². The predicted octanol–water partition coefficient (Wildman–Crippen LogP) is 4.95. The summed E-state index contributed by atoms with van der Waals surface area (Å²) in [6.07, 6.45) is 5.29. The Balaban J connectivity index is 2.34. The Kier molecular flexibility index (Phi) is 5.87. The molecule has 0 fully saturated rings. The van der Waals surface area contributed by atoms with Gasteiger partial charge in [0.25, 0.3) is 0 Å². The molecule has 0 aliphatic rings. The lowest BCUT2D eigenvalue weighted by Crippen LogP contribution is -1.97. The normalized spacial score (nSPS) is 10.0. The van der Waals surface area contributed by atoms with Crippen LogP contribution in [0, 0.1) is 0 Å². The number of hydrogen-bond donors (Lipinski definition) is 0. The van der Waals surface area contributed by atoms with Crippen molar-refractivity contribution in [2.75, 3.05) is 14.2 Å². The van der Waals surface area contributed by atoms with E-state index in [9.17, 15) is 0 Å². The summed E-state index contributed by atoms with van der Waals surface area (Å²) >= 11 is 0. The van der Waals surface area contributed by atoms with Crippen molar-refractivity contribution in [2.45, 2.75) is 12.8 Å². The zero-order chi connectivity index (χ0) is 16.7. The van der Waals surface area contributed by atoms with E-state index in [1.807, 2.05) is 48.6 Å². The number of methoxy groups -OCH3 is 2. The van der Waals surface area contributed by atoms with Crippen LogP contribution < -0.4 is 14.2 Å². The number of ether oxygens (including phenoxy) is 3. The fraction of sp³-hybridized carbons (Fsp3) is 0.200. The maximum absolute atomic E-state index is 6.00. The van der Waals surface area contributed by atoms with Gasteiger partial charge >= 0.3 is 0 Å². The van der Waals surface area contributed by atoms with Gasteiger partial charge in [-0.25, -0.2) is 0 Å². The molecule has 0 heterocycles. The van der Waals surface area contributed by atoms with Crippen LogP contribution in [0.2, 0.25) is 0 Å². The minimum absolute atomic E-state index is 0.579. The predicted molar refractivity (Wildman–Crippen MR) is 93.9 cm³/mol. The van der Waals surface area contributed by atoms with Crippen molar-refractivity contribution >= 4 is 0 Å². The highest BCUT2D eigenvalue weighted by Crippen LogP contribution is 2.40. The first-order valence-electron chi connectivity index (χ1n) is 7.45. The molecule has 2 rings (SSSR count). The van der Waals surface area contributed by atoms with Gasteiger partial charge in [-0.05, 0) is 48.2 Å². The van der Waals surface area contributed by atoms with Crippen molar-refractivity contribution < 1.29 is 14.2 Å². The number of allylic oxidation sites excluding steroid dienone is 2. The molecule has 0 aromatic heterocycles. The SMILES string of the molecule is C=CCc1ccc(Oc2cc(CC=C)cc(OC)c2OC)cc1. The Morgan fingerprint density at radius 2 is 1.43 bits per heavy atom. The summed E-state index contributed by atoms with van der Waals surface area (Å²) in [7, 11) is 3.22. The van der Waals surface area contributed by atoms with E-state index in [0.717, 1.165) is 24.2 Å². The van der Waals surface area contributed by atoms with E-state index >= 15 is 0 Å². The molecule has 0 aliphatic carbocycles. The molecule has 120 valence electrons. The molecular weight excluding hydrogens is 288 g/mol. The molecule has 0 radical (unpaired) electrons.